The fourth-order valence-electron chi connectivity index (χ4n) is 4.57. The molecule has 182 valence electrons. The monoisotopic (exact) mass is 487 g/mol. The lowest BCUT2D eigenvalue weighted by Crippen LogP contribution is -2.52. The Bertz CT molecular complexity index is 1560. The molecule has 3 aromatic heterocycles. The first kappa shape index (κ1) is 21.6. The zero-order chi connectivity index (χ0) is 25.0. The quantitative estimate of drug-likeness (QED) is 0.351. The van der Waals surface area contributed by atoms with Crippen LogP contribution in [0.4, 0.5) is 16.4 Å². The van der Waals surface area contributed by atoms with Gasteiger partial charge in [-0.25, -0.2) is 9.78 Å². The van der Waals surface area contributed by atoms with Crippen molar-refractivity contribution in [1.29, 1.82) is 0 Å². The lowest BCUT2D eigenvalue weighted by atomic mass is 9.95. The smallest absolute Gasteiger partial charge is 0.322 e. The number of furan rings is 1. The van der Waals surface area contributed by atoms with Crippen LogP contribution in [0.3, 0.4) is 0 Å². The molecule has 0 aliphatic carbocycles. The standard InChI is InChI=1S/C24H21N7O5/c1-30-20(7-8-25-30)27-19-6-5-17-16(26-19)10-18(36-17)24(22(33)28-23(34)29-24)12-31-11-13-3-4-14(35-2)9-15(13)21(31)32/h3-10H,11-12H2,1-2H3,(H,26,27)(H2,28,29,33,34)/t24-/m0/s1. The Kier molecular flexibility index (Phi) is 4.71. The number of aromatic nitrogens is 3. The number of carbonyl (C=O) groups excluding carboxylic acids is 3. The van der Waals surface area contributed by atoms with Gasteiger partial charge in [-0.1, -0.05) is 6.07 Å². The molecule has 36 heavy (non-hydrogen) atoms. The van der Waals surface area contributed by atoms with Gasteiger partial charge in [-0.2, -0.15) is 5.10 Å². The molecule has 4 amide bonds. The second-order valence-electron chi connectivity index (χ2n) is 8.65. The number of aryl methyl sites for hydroxylation is 1. The van der Waals surface area contributed by atoms with Crippen LogP contribution in [-0.4, -0.2) is 51.2 Å². The number of pyridine rings is 1. The van der Waals surface area contributed by atoms with E-state index in [2.05, 4.69) is 26.0 Å². The van der Waals surface area contributed by atoms with Crippen LogP contribution >= 0.6 is 0 Å². The summed E-state index contributed by atoms with van der Waals surface area (Å²) in [5.41, 5.74) is 0.583. The van der Waals surface area contributed by atoms with Crippen LogP contribution in [0.1, 0.15) is 21.7 Å². The third kappa shape index (κ3) is 3.34. The van der Waals surface area contributed by atoms with Crippen molar-refractivity contribution in [2.24, 2.45) is 7.05 Å². The number of hydrogen-bond acceptors (Lipinski definition) is 8. The van der Waals surface area contributed by atoms with Gasteiger partial charge in [-0.05, 0) is 29.8 Å². The van der Waals surface area contributed by atoms with Crippen molar-refractivity contribution in [2.75, 3.05) is 19.0 Å². The molecule has 12 heteroatoms. The lowest BCUT2D eigenvalue weighted by Gasteiger charge is -2.28. The zero-order valence-corrected chi connectivity index (χ0v) is 19.4. The van der Waals surface area contributed by atoms with E-state index >= 15 is 0 Å². The van der Waals surface area contributed by atoms with Gasteiger partial charge in [0.25, 0.3) is 11.8 Å². The van der Waals surface area contributed by atoms with Crippen LogP contribution in [0.5, 0.6) is 5.75 Å². The maximum atomic E-state index is 13.2. The summed E-state index contributed by atoms with van der Waals surface area (Å²) >= 11 is 0. The molecule has 12 nitrogen and oxygen atoms in total. The Morgan fingerprint density at radius 1 is 1.17 bits per heavy atom. The Morgan fingerprint density at radius 2 is 2.03 bits per heavy atom. The normalized spacial score (nSPS) is 18.9. The van der Waals surface area contributed by atoms with E-state index in [1.807, 2.05) is 6.07 Å². The van der Waals surface area contributed by atoms with Crippen molar-refractivity contribution in [3.05, 3.63) is 65.5 Å². The highest BCUT2D eigenvalue weighted by Gasteiger charge is 2.53. The maximum absolute atomic E-state index is 13.2. The molecule has 0 bridgehead atoms. The Labute approximate surface area is 204 Å². The first-order chi connectivity index (χ1) is 17.4. The van der Waals surface area contributed by atoms with Gasteiger partial charge in [0.15, 0.2) is 11.1 Å². The number of methoxy groups -OCH3 is 1. The fourth-order valence-corrected chi connectivity index (χ4v) is 4.57. The first-order valence-electron chi connectivity index (χ1n) is 11.1. The number of carbonyl (C=O) groups is 3. The summed E-state index contributed by atoms with van der Waals surface area (Å²) in [6, 6.07) is 11.4. The summed E-state index contributed by atoms with van der Waals surface area (Å²) in [5, 5.41) is 12.2. The van der Waals surface area contributed by atoms with E-state index in [1.165, 1.54) is 12.0 Å². The van der Waals surface area contributed by atoms with Crippen molar-refractivity contribution >= 4 is 40.6 Å². The van der Waals surface area contributed by atoms with Crippen LogP contribution in [-0.2, 0) is 23.9 Å². The van der Waals surface area contributed by atoms with Crippen LogP contribution in [0, 0.1) is 0 Å². The minimum atomic E-state index is -1.62. The van der Waals surface area contributed by atoms with E-state index in [0.717, 1.165) is 11.4 Å². The predicted octanol–water partition coefficient (Wildman–Crippen LogP) is 2.00. The molecule has 0 spiro atoms. The number of imide groups is 1. The van der Waals surface area contributed by atoms with Crippen molar-refractivity contribution in [3.8, 4) is 5.75 Å². The van der Waals surface area contributed by atoms with Crippen molar-refractivity contribution in [1.82, 2.24) is 30.3 Å². The minimum absolute atomic E-state index is 0.125. The number of nitrogens with zero attached hydrogens (tertiary/aromatic N) is 4. The number of rotatable bonds is 6. The van der Waals surface area contributed by atoms with Crippen LogP contribution in [0.25, 0.3) is 11.1 Å². The summed E-state index contributed by atoms with van der Waals surface area (Å²) < 4.78 is 12.9. The highest BCUT2D eigenvalue weighted by Crippen LogP contribution is 2.35. The van der Waals surface area contributed by atoms with E-state index in [0.29, 0.717) is 28.2 Å². The van der Waals surface area contributed by atoms with E-state index in [-0.39, 0.29) is 24.8 Å². The van der Waals surface area contributed by atoms with Gasteiger partial charge in [0.05, 0.1) is 19.9 Å². The fraction of sp³-hybridized carbons (Fsp3) is 0.208. The number of anilines is 2. The molecule has 0 saturated carbocycles. The average Bonchev–Trinajstić information content (AvgIpc) is 3.61. The van der Waals surface area contributed by atoms with Crippen molar-refractivity contribution < 1.29 is 23.5 Å². The molecule has 1 aromatic carbocycles. The second kappa shape index (κ2) is 7.83. The van der Waals surface area contributed by atoms with Gasteiger partial charge >= 0.3 is 6.03 Å². The molecular formula is C24H21N7O5. The molecule has 5 heterocycles. The third-order valence-corrected chi connectivity index (χ3v) is 6.44. The van der Waals surface area contributed by atoms with Crippen LogP contribution < -0.4 is 20.7 Å². The largest absolute Gasteiger partial charge is 0.497 e. The number of fused-ring (bicyclic) bond motifs is 2. The Balaban J connectivity index is 1.35. The number of nitrogens with one attached hydrogen (secondary N) is 3. The van der Waals surface area contributed by atoms with Crippen LogP contribution in [0.2, 0.25) is 0 Å². The first-order valence-corrected chi connectivity index (χ1v) is 11.1. The van der Waals surface area contributed by atoms with Gasteiger partial charge in [0, 0.05) is 31.3 Å². The molecule has 0 unspecified atom stereocenters. The molecular weight excluding hydrogens is 466 g/mol. The number of amides is 4. The summed E-state index contributed by atoms with van der Waals surface area (Å²) in [5.74, 6) is 1.15. The summed E-state index contributed by atoms with van der Waals surface area (Å²) in [6.07, 6.45) is 1.66. The highest BCUT2D eigenvalue weighted by molar-refractivity contribution is 6.08. The van der Waals surface area contributed by atoms with E-state index < -0.39 is 17.5 Å². The van der Waals surface area contributed by atoms with Crippen LogP contribution in [0.15, 0.2) is 53.1 Å². The average molecular weight is 487 g/mol. The van der Waals surface area contributed by atoms with Crippen molar-refractivity contribution in [3.63, 3.8) is 0 Å². The maximum Gasteiger partial charge on any atom is 0.322 e. The van der Waals surface area contributed by atoms with Gasteiger partial charge in [0.1, 0.15) is 28.7 Å². The molecule has 1 fully saturated rings. The van der Waals surface area contributed by atoms with E-state index in [1.54, 1.807) is 54.3 Å². The zero-order valence-electron chi connectivity index (χ0n) is 19.4. The number of urea groups is 1. The molecule has 0 radical (unpaired) electrons. The summed E-state index contributed by atoms with van der Waals surface area (Å²) in [4.78, 5) is 44.6. The SMILES string of the molecule is COc1ccc2c(c1)C(=O)N(C[C@@]1(c3cc4nc(Nc5ccnn5C)ccc4o3)NC(=O)NC1=O)C2. The van der Waals surface area contributed by atoms with E-state index in [9.17, 15) is 14.4 Å². The van der Waals surface area contributed by atoms with Gasteiger partial charge < -0.3 is 24.7 Å². The Hall–Kier alpha value is -4.87. The molecule has 4 aromatic rings. The minimum Gasteiger partial charge on any atom is -0.497 e. The van der Waals surface area contributed by atoms with E-state index in [4.69, 9.17) is 9.15 Å². The molecule has 3 N–H and O–H groups in total. The summed E-state index contributed by atoms with van der Waals surface area (Å²) in [6.45, 7) is 0.153. The molecule has 2 aliphatic heterocycles. The topological polar surface area (TPSA) is 144 Å². The highest BCUT2D eigenvalue weighted by atomic mass is 16.5. The van der Waals surface area contributed by atoms with Gasteiger partial charge in [-0.3, -0.25) is 19.6 Å². The molecule has 2 aliphatic rings. The third-order valence-electron chi connectivity index (χ3n) is 6.44. The lowest BCUT2D eigenvalue weighted by molar-refractivity contribution is -0.125. The number of hydrogen-bond donors (Lipinski definition) is 3. The molecule has 6 rings (SSSR count). The summed E-state index contributed by atoms with van der Waals surface area (Å²) in [7, 11) is 3.33. The Morgan fingerprint density at radius 3 is 2.75 bits per heavy atom. The van der Waals surface area contributed by atoms with Gasteiger partial charge in [-0.15, -0.1) is 0 Å². The van der Waals surface area contributed by atoms with Crippen molar-refractivity contribution in [2.45, 2.75) is 12.1 Å². The second-order valence-corrected chi connectivity index (χ2v) is 8.65. The molecule has 1 saturated heterocycles. The van der Waals surface area contributed by atoms with Gasteiger partial charge in [0.2, 0.25) is 0 Å². The molecule has 1 atom stereocenters. The number of ether oxygens (including phenoxy) is 1. The number of benzene rings is 1. The predicted molar refractivity (Wildman–Crippen MR) is 127 cm³/mol.